The molecule has 1 heterocycles. The van der Waals surface area contributed by atoms with Gasteiger partial charge < -0.3 is 19.2 Å². The van der Waals surface area contributed by atoms with Crippen LogP contribution in [0.2, 0.25) is 0 Å². The van der Waals surface area contributed by atoms with Crippen LogP contribution < -0.4 is 10.1 Å². The summed E-state index contributed by atoms with van der Waals surface area (Å²) < 4.78 is 15.6. The van der Waals surface area contributed by atoms with Crippen LogP contribution >= 0.6 is 0 Å². The van der Waals surface area contributed by atoms with Crippen molar-refractivity contribution in [2.24, 2.45) is 0 Å². The van der Waals surface area contributed by atoms with Gasteiger partial charge in [-0.15, -0.1) is 0 Å². The third kappa shape index (κ3) is 4.88. The first-order valence-corrected chi connectivity index (χ1v) is 7.34. The number of hydrogen-bond acceptors (Lipinski definition) is 5. The first-order valence-electron chi connectivity index (χ1n) is 7.34. The average Bonchev–Trinajstić information content (AvgIpc) is 3.07. The minimum Gasteiger partial charge on any atom is -0.494 e. The molecule has 1 aromatic carbocycles. The predicted octanol–water partition coefficient (Wildman–Crippen LogP) is 2.54. The fourth-order valence-corrected chi connectivity index (χ4v) is 1.87. The van der Waals surface area contributed by atoms with Gasteiger partial charge in [-0.25, -0.2) is 4.79 Å². The number of furan rings is 1. The molecule has 1 atom stereocenters. The molecule has 0 unspecified atom stereocenters. The quantitative estimate of drug-likeness (QED) is 0.794. The second-order valence-corrected chi connectivity index (χ2v) is 4.80. The Bertz CT molecular complexity index is 634. The van der Waals surface area contributed by atoms with E-state index in [2.05, 4.69) is 5.32 Å². The highest BCUT2D eigenvalue weighted by molar-refractivity contribution is 5.92. The van der Waals surface area contributed by atoms with Gasteiger partial charge in [-0.05, 0) is 50.2 Å². The first-order chi connectivity index (χ1) is 11.1. The van der Waals surface area contributed by atoms with E-state index in [0.717, 1.165) is 0 Å². The van der Waals surface area contributed by atoms with Crippen LogP contribution in [0.4, 0.5) is 0 Å². The number of ether oxygens (including phenoxy) is 2. The lowest BCUT2D eigenvalue weighted by molar-refractivity contribution is -0.129. The Kier molecular flexibility index (Phi) is 5.80. The predicted molar refractivity (Wildman–Crippen MR) is 83.0 cm³/mol. The van der Waals surface area contributed by atoms with Crippen LogP contribution in [0.3, 0.4) is 0 Å². The highest BCUT2D eigenvalue weighted by atomic mass is 16.5. The van der Waals surface area contributed by atoms with Gasteiger partial charge in [-0.2, -0.15) is 0 Å². The molecule has 0 aliphatic rings. The third-order valence-electron chi connectivity index (χ3n) is 3.07. The van der Waals surface area contributed by atoms with Gasteiger partial charge in [0.25, 0.3) is 5.91 Å². The van der Waals surface area contributed by atoms with E-state index < -0.39 is 12.1 Å². The van der Waals surface area contributed by atoms with Crippen molar-refractivity contribution < 1.29 is 23.5 Å². The summed E-state index contributed by atoms with van der Waals surface area (Å²) in [4.78, 5) is 23.9. The summed E-state index contributed by atoms with van der Waals surface area (Å²) in [7, 11) is 0. The largest absolute Gasteiger partial charge is 0.494 e. The molecule has 0 saturated carbocycles. The van der Waals surface area contributed by atoms with E-state index in [-0.39, 0.29) is 12.5 Å². The van der Waals surface area contributed by atoms with Crippen LogP contribution in [-0.4, -0.2) is 24.6 Å². The second kappa shape index (κ2) is 8.03. The summed E-state index contributed by atoms with van der Waals surface area (Å²) >= 11 is 0. The number of amides is 1. The van der Waals surface area contributed by atoms with E-state index in [9.17, 15) is 9.59 Å². The molecule has 1 N–H and O–H groups in total. The van der Waals surface area contributed by atoms with Crippen LogP contribution in [0.15, 0.2) is 47.1 Å². The lowest BCUT2D eigenvalue weighted by atomic mass is 10.2. The third-order valence-corrected chi connectivity index (χ3v) is 3.07. The van der Waals surface area contributed by atoms with E-state index in [1.807, 2.05) is 6.92 Å². The zero-order chi connectivity index (χ0) is 16.7. The van der Waals surface area contributed by atoms with Crippen molar-refractivity contribution in [2.45, 2.75) is 26.5 Å². The van der Waals surface area contributed by atoms with Crippen molar-refractivity contribution in [1.29, 1.82) is 0 Å². The molecule has 122 valence electrons. The summed E-state index contributed by atoms with van der Waals surface area (Å²) in [6.45, 7) is 4.20. The van der Waals surface area contributed by atoms with Crippen molar-refractivity contribution >= 4 is 11.9 Å². The van der Waals surface area contributed by atoms with Crippen molar-refractivity contribution in [3.05, 3.63) is 54.0 Å². The molecule has 6 nitrogen and oxygen atoms in total. The molecular weight excluding hydrogens is 298 g/mol. The molecule has 6 heteroatoms. The van der Waals surface area contributed by atoms with Crippen LogP contribution in [-0.2, 0) is 16.1 Å². The summed E-state index contributed by atoms with van der Waals surface area (Å²) in [5, 5.41) is 2.64. The van der Waals surface area contributed by atoms with Gasteiger partial charge in [-0.1, -0.05) is 0 Å². The normalized spacial score (nSPS) is 11.6. The maximum atomic E-state index is 12.0. The van der Waals surface area contributed by atoms with Crippen LogP contribution in [0, 0.1) is 0 Å². The molecule has 2 rings (SSSR count). The molecule has 0 aliphatic carbocycles. The summed E-state index contributed by atoms with van der Waals surface area (Å²) in [6, 6.07) is 10.0. The minimum absolute atomic E-state index is 0.247. The number of esters is 1. The van der Waals surface area contributed by atoms with Gasteiger partial charge in [0.1, 0.15) is 11.5 Å². The first kappa shape index (κ1) is 16.6. The number of nitrogens with one attached hydrogen (secondary N) is 1. The number of rotatable bonds is 7. The molecule has 0 aliphatic heterocycles. The minimum atomic E-state index is -0.899. The standard InChI is InChI=1S/C17H19NO5/c1-3-21-14-8-6-13(7-9-14)17(20)23-12(2)16(19)18-11-15-5-4-10-22-15/h4-10,12H,3,11H2,1-2H3,(H,18,19)/t12-/m1/s1. The van der Waals surface area contributed by atoms with Crippen molar-refractivity contribution in [3.8, 4) is 5.75 Å². The Morgan fingerprint density at radius 3 is 2.57 bits per heavy atom. The monoisotopic (exact) mass is 317 g/mol. The van der Waals surface area contributed by atoms with E-state index in [4.69, 9.17) is 13.9 Å². The summed E-state index contributed by atoms with van der Waals surface area (Å²) in [5.41, 5.74) is 0.360. The molecule has 1 amide bonds. The van der Waals surface area contributed by atoms with Crippen LogP contribution in [0.5, 0.6) is 5.75 Å². The molecule has 0 spiro atoms. The molecule has 2 aromatic rings. The summed E-state index contributed by atoms with van der Waals surface area (Å²) in [5.74, 6) is 0.353. The van der Waals surface area contributed by atoms with Gasteiger partial charge in [0.2, 0.25) is 0 Å². The smallest absolute Gasteiger partial charge is 0.338 e. The fraction of sp³-hybridized carbons (Fsp3) is 0.294. The molecule has 0 bridgehead atoms. The lowest BCUT2D eigenvalue weighted by Crippen LogP contribution is -2.35. The number of carbonyl (C=O) groups is 2. The van der Waals surface area contributed by atoms with Gasteiger partial charge in [0, 0.05) is 0 Å². The maximum absolute atomic E-state index is 12.0. The Morgan fingerprint density at radius 2 is 1.96 bits per heavy atom. The van der Waals surface area contributed by atoms with Gasteiger partial charge in [0.15, 0.2) is 6.10 Å². The van der Waals surface area contributed by atoms with Crippen LogP contribution in [0.25, 0.3) is 0 Å². The van der Waals surface area contributed by atoms with Gasteiger partial charge in [-0.3, -0.25) is 4.79 Å². The van der Waals surface area contributed by atoms with E-state index in [1.54, 1.807) is 36.4 Å². The Labute approximate surface area is 134 Å². The zero-order valence-corrected chi connectivity index (χ0v) is 13.1. The number of benzene rings is 1. The highest BCUT2D eigenvalue weighted by Gasteiger charge is 2.19. The fourth-order valence-electron chi connectivity index (χ4n) is 1.87. The maximum Gasteiger partial charge on any atom is 0.338 e. The number of carbonyl (C=O) groups excluding carboxylic acids is 2. The second-order valence-electron chi connectivity index (χ2n) is 4.80. The van der Waals surface area contributed by atoms with Gasteiger partial charge in [0.05, 0.1) is 25.0 Å². The number of hydrogen-bond donors (Lipinski definition) is 1. The van der Waals surface area contributed by atoms with E-state index >= 15 is 0 Å². The molecular formula is C17H19NO5. The average molecular weight is 317 g/mol. The molecule has 1 aromatic heterocycles. The summed E-state index contributed by atoms with van der Waals surface area (Å²) in [6.07, 6.45) is 0.626. The SMILES string of the molecule is CCOc1ccc(C(=O)O[C@H](C)C(=O)NCc2ccco2)cc1. The van der Waals surface area contributed by atoms with Crippen molar-refractivity contribution in [2.75, 3.05) is 6.61 Å². The van der Waals surface area contributed by atoms with Crippen molar-refractivity contribution in [1.82, 2.24) is 5.32 Å². The van der Waals surface area contributed by atoms with Crippen molar-refractivity contribution in [3.63, 3.8) is 0 Å². The van der Waals surface area contributed by atoms with Gasteiger partial charge >= 0.3 is 5.97 Å². The highest BCUT2D eigenvalue weighted by Crippen LogP contribution is 2.13. The topological polar surface area (TPSA) is 77.8 Å². The van der Waals surface area contributed by atoms with E-state index in [0.29, 0.717) is 23.7 Å². The molecule has 0 saturated heterocycles. The van der Waals surface area contributed by atoms with E-state index in [1.165, 1.54) is 13.2 Å². The Hall–Kier alpha value is -2.76. The Balaban J connectivity index is 1.84. The zero-order valence-electron chi connectivity index (χ0n) is 13.1. The Morgan fingerprint density at radius 1 is 1.22 bits per heavy atom. The molecule has 23 heavy (non-hydrogen) atoms. The molecule has 0 radical (unpaired) electrons. The van der Waals surface area contributed by atoms with Crippen LogP contribution in [0.1, 0.15) is 30.0 Å². The molecule has 0 fully saturated rings. The lowest BCUT2D eigenvalue weighted by Gasteiger charge is -2.13.